The number of fused-ring (bicyclic) bond motifs is 1. The second kappa shape index (κ2) is 6.79. The molecule has 0 aromatic rings. The van der Waals surface area contributed by atoms with Gasteiger partial charge in [-0.25, -0.2) is 0 Å². The fraction of sp³-hybridized carbons (Fsp3) is 1.00. The Bertz CT molecular complexity index is 282. The van der Waals surface area contributed by atoms with Crippen LogP contribution in [-0.2, 0) is 0 Å². The molecule has 1 saturated heterocycles. The predicted molar refractivity (Wildman–Crippen MR) is 87.6 cm³/mol. The molecule has 2 nitrogen and oxygen atoms in total. The van der Waals surface area contributed by atoms with E-state index in [1.807, 2.05) is 0 Å². The van der Waals surface area contributed by atoms with E-state index in [2.05, 4.69) is 27.9 Å². The van der Waals surface area contributed by atoms with Gasteiger partial charge in [0.15, 0.2) is 0 Å². The molecule has 118 valence electrons. The summed E-state index contributed by atoms with van der Waals surface area (Å²) >= 11 is 0. The van der Waals surface area contributed by atoms with Gasteiger partial charge in [0.25, 0.3) is 0 Å². The lowest BCUT2D eigenvalue weighted by atomic mass is 9.82. The summed E-state index contributed by atoms with van der Waals surface area (Å²) in [6, 6.07) is 0. The lowest BCUT2D eigenvalue weighted by Gasteiger charge is -2.33. The molecule has 0 amide bonds. The summed E-state index contributed by atoms with van der Waals surface area (Å²) in [4.78, 5) is 0. The van der Waals surface area contributed by atoms with Gasteiger partial charge in [-0.3, -0.25) is 0 Å². The molecule has 1 heterocycles. The standard InChI is InChI=1S/C18H38N2/c1-5-19(3,6-2)13-9-10-14-20(4)15-17-11-7-8-12-18(17)16-20/h17-18H,5-16H2,1-4H3/q+2/t17-,18-/m1/s1. The number of likely N-dealkylation sites (tertiary alicyclic amines) is 1. The van der Waals surface area contributed by atoms with E-state index < -0.39 is 0 Å². The van der Waals surface area contributed by atoms with Crippen LogP contribution >= 0.6 is 0 Å². The summed E-state index contributed by atoms with van der Waals surface area (Å²) in [6.07, 6.45) is 8.91. The van der Waals surface area contributed by atoms with E-state index in [4.69, 9.17) is 0 Å². The minimum absolute atomic E-state index is 1.07. The highest BCUT2D eigenvalue weighted by molar-refractivity contribution is 4.80. The zero-order chi connectivity index (χ0) is 14.6. The molecule has 0 N–H and O–H groups in total. The number of quaternary nitrogens is 2. The van der Waals surface area contributed by atoms with Crippen molar-refractivity contribution in [1.29, 1.82) is 0 Å². The summed E-state index contributed by atoms with van der Waals surface area (Å²) in [5, 5.41) is 0. The van der Waals surface area contributed by atoms with Gasteiger partial charge in [-0.15, -0.1) is 0 Å². The number of hydrogen-bond acceptors (Lipinski definition) is 0. The van der Waals surface area contributed by atoms with Crippen molar-refractivity contribution in [3.63, 3.8) is 0 Å². The second-order valence-electron chi connectivity index (χ2n) is 8.20. The van der Waals surface area contributed by atoms with Crippen molar-refractivity contribution in [3.05, 3.63) is 0 Å². The molecule has 1 aliphatic heterocycles. The summed E-state index contributed by atoms with van der Waals surface area (Å²) in [7, 11) is 4.95. The third-order valence-electron chi connectivity index (χ3n) is 6.59. The van der Waals surface area contributed by atoms with Gasteiger partial charge in [0.2, 0.25) is 0 Å². The molecule has 2 fully saturated rings. The van der Waals surface area contributed by atoms with Gasteiger partial charge in [0, 0.05) is 24.7 Å². The molecule has 1 saturated carbocycles. The average molecular weight is 283 g/mol. The highest BCUT2D eigenvalue weighted by Crippen LogP contribution is 2.39. The Morgan fingerprint density at radius 1 is 0.950 bits per heavy atom. The van der Waals surface area contributed by atoms with E-state index in [-0.39, 0.29) is 0 Å². The highest BCUT2D eigenvalue weighted by atomic mass is 15.4. The molecule has 0 radical (unpaired) electrons. The number of hydrogen-bond donors (Lipinski definition) is 0. The smallest absolute Gasteiger partial charge is 0.0818 e. The van der Waals surface area contributed by atoms with Gasteiger partial charge >= 0.3 is 0 Å². The van der Waals surface area contributed by atoms with Gasteiger partial charge in [-0.2, -0.15) is 0 Å². The van der Waals surface area contributed by atoms with Crippen LogP contribution in [0, 0.1) is 11.8 Å². The molecule has 2 rings (SSSR count). The fourth-order valence-corrected chi connectivity index (χ4v) is 4.68. The van der Waals surface area contributed by atoms with Crippen LogP contribution in [0.15, 0.2) is 0 Å². The number of nitrogens with zero attached hydrogens (tertiary/aromatic N) is 2. The fourth-order valence-electron chi connectivity index (χ4n) is 4.68. The first-order valence-corrected chi connectivity index (χ1v) is 9.17. The lowest BCUT2D eigenvalue weighted by molar-refractivity contribution is -0.910. The Kier molecular flexibility index (Phi) is 5.53. The SMILES string of the molecule is CC[N+](C)(CC)CCCC[N+]1(C)C[C@H]2CCCC[C@@H]2C1. The Morgan fingerprint density at radius 2 is 1.50 bits per heavy atom. The third kappa shape index (κ3) is 3.98. The predicted octanol–water partition coefficient (Wildman–Crippen LogP) is 3.52. The summed E-state index contributed by atoms with van der Waals surface area (Å²) in [5.74, 6) is 2.14. The van der Waals surface area contributed by atoms with E-state index in [1.165, 1.54) is 86.8 Å². The number of rotatable bonds is 7. The normalized spacial score (nSPS) is 29.4. The van der Waals surface area contributed by atoms with E-state index in [0.717, 1.165) is 11.8 Å². The first kappa shape index (κ1) is 16.3. The molecule has 0 bridgehead atoms. The Balaban J connectivity index is 1.71. The Morgan fingerprint density at radius 3 is 2.00 bits per heavy atom. The molecular weight excluding hydrogens is 244 g/mol. The quantitative estimate of drug-likeness (QED) is 0.495. The van der Waals surface area contributed by atoms with Crippen molar-refractivity contribution in [1.82, 2.24) is 0 Å². The topological polar surface area (TPSA) is 0 Å². The van der Waals surface area contributed by atoms with Crippen LogP contribution in [0.4, 0.5) is 0 Å². The molecule has 1 aliphatic carbocycles. The van der Waals surface area contributed by atoms with Crippen molar-refractivity contribution in [2.45, 2.75) is 52.4 Å². The van der Waals surface area contributed by atoms with Crippen molar-refractivity contribution in [3.8, 4) is 0 Å². The van der Waals surface area contributed by atoms with Crippen LogP contribution in [-0.4, -0.2) is 62.3 Å². The monoisotopic (exact) mass is 282 g/mol. The molecule has 2 heteroatoms. The van der Waals surface area contributed by atoms with Crippen molar-refractivity contribution in [2.75, 3.05) is 53.4 Å². The average Bonchev–Trinajstić information content (AvgIpc) is 2.80. The molecule has 0 aromatic heterocycles. The maximum Gasteiger partial charge on any atom is 0.0818 e. The van der Waals surface area contributed by atoms with Crippen LogP contribution in [0.5, 0.6) is 0 Å². The minimum Gasteiger partial charge on any atom is -0.326 e. The van der Waals surface area contributed by atoms with Gasteiger partial charge in [-0.1, -0.05) is 12.8 Å². The summed E-state index contributed by atoms with van der Waals surface area (Å²) in [6.45, 7) is 13.0. The van der Waals surface area contributed by atoms with E-state index in [0.29, 0.717) is 0 Å². The van der Waals surface area contributed by atoms with Crippen LogP contribution in [0.1, 0.15) is 52.4 Å². The molecule has 0 unspecified atom stereocenters. The molecule has 0 aromatic carbocycles. The first-order chi connectivity index (χ1) is 9.50. The first-order valence-electron chi connectivity index (χ1n) is 9.17. The van der Waals surface area contributed by atoms with Crippen molar-refractivity contribution >= 4 is 0 Å². The van der Waals surface area contributed by atoms with Crippen LogP contribution in [0.25, 0.3) is 0 Å². The molecule has 0 spiro atoms. The minimum atomic E-state index is 1.07. The Labute approximate surface area is 127 Å². The lowest BCUT2D eigenvalue weighted by Crippen LogP contribution is -2.45. The number of unbranched alkanes of at least 4 members (excludes halogenated alkanes) is 1. The molecule has 2 aliphatic rings. The maximum atomic E-state index is 2.53. The zero-order valence-corrected chi connectivity index (χ0v) is 14.5. The zero-order valence-electron chi connectivity index (χ0n) is 14.5. The second-order valence-corrected chi connectivity index (χ2v) is 8.20. The van der Waals surface area contributed by atoms with E-state index in [9.17, 15) is 0 Å². The highest BCUT2D eigenvalue weighted by Gasteiger charge is 2.42. The van der Waals surface area contributed by atoms with E-state index >= 15 is 0 Å². The Hall–Kier alpha value is -0.0800. The van der Waals surface area contributed by atoms with Crippen LogP contribution < -0.4 is 0 Å². The van der Waals surface area contributed by atoms with Crippen molar-refractivity contribution in [2.24, 2.45) is 11.8 Å². The third-order valence-corrected chi connectivity index (χ3v) is 6.59. The van der Waals surface area contributed by atoms with Crippen molar-refractivity contribution < 1.29 is 8.97 Å². The largest absolute Gasteiger partial charge is 0.326 e. The summed E-state index contributed by atoms with van der Waals surface area (Å²) in [5.41, 5.74) is 0. The van der Waals surface area contributed by atoms with Gasteiger partial charge in [-0.05, 0) is 26.7 Å². The van der Waals surface area contributed by atoms with Crippen LogP contribution in [0.2, 0.25) is 0 Å². The van der Waals surface area contributed by atoms with Gasteiger partial charge in [0.1, 0.15) is 0 Å². The maximum absolute atomic E-state index is 2.53. The van der Waals surface area contributed by atoms with Gasteiger partial charge < -0.3 is 8.97 Å². The molecular formula is C18H38N2+2. The van der Waals surface area contributed by atoms with Gasteiger partial charge in [0.05, 0.1) is 53.4 Å². The summed E-state index contributed by atoms with van der Waals surface area (Å²) < 4.78 is 2.65. The van der Waals surface area contributed by atoms with Crippen LogP contribution in [0.3, 0.4) is 0 Å². The molecule has 20 heavy (non-hydrogen) atoms. The molecule has 2 atom stereocenters. The van der Waals surface area contributed by atoms with E-state index in [1.54, 1.807) is 0 Å².